The van der Waals surface area contributed by atoms with E-state index < -0.39 is 0 Å². The molecule has 29 heavy (non-hydrogen) atoms. The minimum atomic E-state index is -0.0680. The van der Waals surface area contributed by atoms with Gasteiger partial charge in [-0.2, -0.15) is 0 Å². The van der Waals surface area contributed by atoms with E-state index in [1.54, 1.807) is 12.3 Å². The monoisotopic (exact) mass is 385 g/mol. The van der Waals surface area contributed by atoms with E-state index in [-0.39, 0.29) is 30.5 Å². The van der Waals surface area contributed by atoms with Crippen molar-refractivity contribution in [3.8, 4) is 11.1 Å². The first-order chi connectivity index (χ1) is 14.3. The molecule has 1 aromatic heterocycles. The normalized spacial score (nSPS) is 22.5. The zero-order chi connectivity index (χ0) is 19.8. The summed E-state index contributed by atoms with van der Waals surface area (Å²) in [6.07, 6.45) is 2.51. The number of pyridine rings is 1. The predicted molar refractivity (Wildman–Crippen MR) is 112 cm³/mol. The van der Waals surface area contributed by atoms with Crippen LogP contribution < -0.4 is 5.32 Å². The highest BCUT2D eigenvalue weighted by Crippen LogP contribution is 2.47. The number of amides is 1. The minimum absolute atomic E-state index is 0.0483. The topological polar surface area (TPSA) is 65.5 Å². The maximum Gasteiger partial charge on any atom is 0.272 e. The maximum atomic E-state index is 13.2. The lowest BCUT2D eigenvalue weighted by atomic mass is 9.82. The van der Waals surface area contributed by atoms with Crippen molar-refractivity contribution in [2.75, 3.05) is 18.5 Å². The number of aliphatic hydroxyl groups excluding tert-OH is 1. The first-order valence-electron chi connectivity index (χ1n) is 10.0. The smallest absolute Gasteiger partial charge is 0.272 e. The van der Waals surface area contributed by atoms with E-state index in [4.69, 9.17) is 0 Å². The number of nitrogens with zero attached hydrogens (tertiary/aromatic N) is 2. The molecular formula is C24H23N3O2. The number of aromatic nitrogens is 1. The Morgan fingerprint density at radius 2 is 1.90 bits per heavy atom. The number of nitrogens with one attached hydrogen (secondary N) is 1. The molecule has 3 atom stereocenters. The van der Waals surface area contributed by atoms with Crippen LogP contribution in [0.15, 0.2) is 72.9 Å². The first-order valence-corrected chi connectivity index (χ1v) is 10.0. The Hall–Kier alpha value is -3.18. The highest BCUT2D eigenvalue weighted by Gasteiger charge is 2.46. The summed E-state index contributed by atoms with van der Waals surface area (Å²) in [5, 5.41) is 13.5. The Morgan fingerprint density at radius 1 is 1.07 bits per heavy atom. The van der Waals surface area contributed by atoms with Crippen LogP contribution in [0.4, 0.5) is 5.69 Å². The van der Waals surface area contributed by atoms with Gasteiger partial charge in [-0.3, -0.25) is 9.78 Å². The van der Waals surface area contributed by atoms with Crippen LogP contribution in [-0.4, -0.2) is 40.1 Å². The molecule has 0 aliphatic carbocycles. The Balaban J connectivity index is 1.58. The molecule has 5 nitrogen and oxygen atoms in total. The van der Waals surface area contributed by atoms with Gasteiger partial charge in [-0.05, 0) is 47.4 Å². The van der Waals surface area contributed by atoms with Gasteiger partial charge in [0.05, 0.1) is 18.7 Å². The molecule has 2 aromatic carbocycles. The molecule has 0 saturated carbocycles. The maximum absolute atomic E-state index is 13.2. The number of anilines is 1. The molecule has 1 saturated heterocycles. The second-order valence-electron chi connectivity index (χ2n) is 7.71. The highest BCUT2D eigenvalue weighted by atomic mass is 16.3. The third kappa shape index (κ3) is 3.08. The van der Waals surface area contributed by atoms with Gasteiger partial charge in [0.25, 0.3) is 5.91 Å². The van der Waals surface area contributed by atoms with E-state index in [9.17, 15) is 9.90 Å². The van der Waals surface area contributed by atoms with Crippen LogP contribution in [0.2, 0.25) is 0 Å². The van der Waals surface area contributed by atoms with E-state index >= 15 is 0 Å². The van der Waals surface area contributed by atoms with Crippen molar-refractivity contribution in [2.24, 2.45) is 5.92 Å². The number of carbonyl (C=O) groups is 1. The summed E-state index contributed by atoms with van der Waals surface area (Å²) in [6, 6.07) is 21.9. The number of aliphatic hydroxyl groups is 1. The summed E-state index contributed by atoms with van der Waals surface area (Å²) in [4.78, 5) is 19.4. The molecular weight excluding hydrogens is 362 g/mol. The lowest BCUT2D eigenvalue weighted by molar-refractivity contribution is 0.0695. The quantitative estimate of drug-likeness (QED) is 0.721. The van der Waals surface area contributed by atoms with Gasteiger partial charge in [0, 0.05) is 24.3 Å². The van der Waals surface area contributed by atoms with Crippen molar-refractivity contribution in [3.63, 3.8) is 0 Å². The van der Waals surface area contributed by atoms with Gasteiger partial charge in [-0.15, -0.1) is 0 Å². The van der Waals surface area contributed by atoms with Crippen LogP contribution >= 0.6 is 0 Å². The van der Waals surface area contributed by atoms with E-state index in [2.05, 4.69) is 40.6 Å². The highest BCUT2D eigenvalue weighted by molar-refractivity contribution is 5.93. The van der Waals surface area contributed by atoms with Crippen molar-refractivity contribution in [2.45, 2.75) is 18.5 Å². The van der Waals surface area contributed by atoms with Crippen LogP contribution in [0.25, 0.3) is 11.1 Å². The van der Waals surface area contributed by atoms with Crippen molar-refractivity contribution in [1.29, 1.82) is 0 Å². The molecule has 1 amide bonds. The van der Waals surface area contributed by atoms with Gasteiger partial charge in [0.2, 0.25) is 0 Å². The van der Waals surface area contributed by atoms with Gasteiger partial charge >= 0.3 is 0 Å². The fourth-order valence-electron chi connectivity index (χ4n) is 4.74. The number of fused-ring (bicyclic) bond motifs is 3. The molecule has 3 aromatic rings. The lowest BCUT2D eigenvalue weighted by Gasteiger charge is -2.39. The molecule has 0 unspecified atom stereocenters. The Kier molecular flexibility index (Phi) is 4.52. The first kappa shape index (κ1) is 17.9. The summed E-state index contributed by atoms with van der Waals surface area (Å²) < 4.78 is 0. The molecule has 2 aliphatic rings. The molecule has 0 spiro atoms. The zero-order valence-corrected chi connectivity index (χ0v) is 16.0. The molecule has 3 heterocycles. The van der Waals surface area contributed by atoms with E-state index in [0.29, 0.717) is 12.2 Å². The lowest BCUT2D eigenvalue weighted by Crippen LogP contribution is -2.43. The largest absolute Gasteiger partial charge is 0.394 e. The zero-order valence-electron chi connectivity index (χ0n) is 16.0. The molecule has 2 N–H and O–H groups in total. The predicted octanol–water partition coefficient (Wildman–Crippen LogP) is 3.74. The molecule has 0 bridgehead atoms. The second-order valence-corrected chi connectivity index (χ2v) is 7.71. The summed E-state index contributed by atoms with van der Waals surface area (Å²) in [5.74, 6) is 0.124. The Morgan fingerprint density at radius 3 is 2.66 bits per heavy atom. The molecule has 1 fully saturated rings. The molecule has 2 aliphatic heterocycles. The van der Waals surface area contributed by atoms with Crippen LogP contribution in [0.5, 0.6) is 0 Å². The van der Waals surface area contributed by atoms with E-state index in [1.165, 1.54) is 0 Å². The van der Waals surface area contributed by atoms with Crippen molar-refractivity contribution in [3.05, 3.63) is 84.2 Å². The SMILES string of the molecule is O=C(c1ccccn1)N1CC[C@@H]2[C@H]1c1cc(-c3ccccc3)ccc1N[C@@H]2CO. The number of rotatable bonds is 3. The van der Waals surface area contributed by atoms with E-state index in [1.807, 2.05) is 35.2 Å². The van der Waals surface area contributed by atoms with Crippen LogP contribution in [0.3, 0.4) is 0 Å². The minimum Gasteiger partial charge on any atom is -0.394 e. The second kappa shape index (κ2) is 7.33. The van der Waals surface area contributed by atoms with Crippen molar-refractivity contribution >= 4 is 11.6 Å². The molecule has 5 heteroatoms. The standard InChI is InChI=1S/C24H23N3O2/c28-15-22-18-11-13-27(24(29)21-8-4-5-12-25-21)23(18)19-14-17(9-10-20(19)26-22)16-6-2-1-3-7-16/h1-10,12,14,18,22-23,26,28H,11,13,15H2/t18-,22+,23-/m0/s1. The number of likely N-dealkylation sites (tertiary alicyclic amines) is 1. The van der Waals surface area contributed by atoms with Gasteiger partial charge in [0.1, 0.15) is 5.69 Å². The Labute approximate surface area is 170 Å². The number of carbonyl (C=O) groups excluding carboxylic acids is 1. The van der Waals surface area contributed by atoms with Crippen LogP contribution in [0.1, 0.15) is 28.5 Å². The van der Waals surface area contributed by atoms with Crippen LogP contribution in [0, 0.1) is 5.92 Å². The third-order valence-electron chi connectivity index (χ3n) is 6.12. The van der Waals surface area contributed by atoms with Gasteiger partial charge in [-0.1, -0.05) is 42.5 Å². The van der Waals surface area contributed by atoms with Gasteiger partial charge in [-0.25, -0.2) is 0 Å². The summed E-state index contributed by atoms with van der Waals surface area (Å²) in [5.41, 5.74) is 4.85. The Bertz CT molecular complexity index is 1020. The van der Waals surface area contributed by atoms with E-state index in [0.717, 1.165) is 28.8 Å². The average molecular weight is 385 g/mol. The van der Waals surface area contributed by atoms with Crippen LogP contribution in [-0.2, 0) is 0 Å². The number of hydrogen-bond donors (Lipinski definition) is 2. The van der Waals surface area contributed by atoms with Crippen molar-refractivity contribution in [1.82, 2.24) is 9.88 Å². The van der Waals surface area contributed by atoms with Gasteiger partial charge in [0.15, 0.2) is 0 Å². The fourth-order valence-corrected chi connectivity index (χ4v) is 4.74. The number of benzene rings is 2. The summed E-state index contributed by atoms with van der Waals surface area (Å²) in [7, 11) is 0. The third-order valence-corrected chi connectivity index (χ3v) is 6.12. The fraction of sp³-hybridized carbons (Fsp3) is 0.250. The molecule has 146 valence electrons. The summed E-state index contributed by atoms with van der Waals surface area (Å²) in [6.45, 7) is 0.713. The van der Waals surface area contributed by atoms with Crippen molar-refractivity contribution < 1.29 is 9.90 Å². The summed E-state index contributed by atoms with van der Waals surface area (Å²) >= 11 is 0. The average Bonchev–Trinajstić information content (AvgIpc) is 3.24. The molecule has 5 rings (SSSR count). The number of hydrogen-bond acceptors (Lipinski definition) is 4. The van der Waals surface area contributed by atoms with Gasteiger partial charge < -0.3 is 15.3 Å². The molecule has 0 radical (unpaired) electrons.